The lowest BCUT2D eigenvalue weighted by molar-refractivity contribution is 0.197. The third-order valence-electron chi connectivity index (χ3n) is 0.727. The minimum absolute atomic E-state index is 0.730. The average Bonchev–Trinajstić information content (AvgIpc) is 2.02. The number of nitrogens with two attached hydrogens (primary N) is 1. The van der Waals surface area contributed by atoms with Gasteiger partial charge in [0, 0.05) is 20.8 Å². The SMILES string of the molecule is COCCCN.CO[PH](=O)O. The highest BCUT2D eigenvalue weighted by Crippen LogP contribution is 2.09. The van der Waals surface area contributed by atoms with Crippen LogP contribution in [0.5, 0.6) is 0 Å². The first-order valence-electron chi connectivity index (χ1n) is 3.15. The number of hydrogen-bond donors (Lipinski definition) is 2. The molecule has 0 aliphatic heterocycles. The highest BCUT2D eigenvalue weighted by molar-refractivity contribution is 7.32. The van der Waals surface area contributed by atoms with Gasteiger partial charge in [-0.2, -0.15) is 0 Å². The third-order valence-corrected chi connectivity index (χ3v) is 1.08. The summed E-state index contributed by atoms with van der Waals surface area (Å²) >= 11 is 0. The maximum absolute atomic E-state index is 9.33. The van der Waals surface area contributed by atoms with E-state index >= 15 is 0 Å². The summed E-state index contributed by atoms with van der Waals surface area (Å²) in [6, 6.07) is 0. The summed E-state index contributed by atoms with van der Waals surface area (Å²) in [7, 11) is 0.234. The highest BCUT2D eigenvalue weighted by Gasteiger charge is 1.74. The van der Waals surface area contributed by atoms with Gasteiger partial charge in [0.25, 0.3) is 0 Å². The van der Waals surface area contributed by atoms with Crippen LogP contribution in [0.25, 0.3) is 0 Å². The highest BCUT2D eigenvalue weighted by atomic mass is 31.1. The molecule has 0 bridgehead atoms. The molecule has 0 radical (unpaired) electrons. The Bertz CT molecular complexity index is 86.6. The summed E-state index contributed by atoms with van der Waals surface area (Å²) < 4.78 is 17.9. The fraction of sp³-hybridized carbons (Fsp3) is 1.00. The summed E-state index contributed by atoms with van der Waals surface area (Å²) in [5.41, 5.74) is 5.13. The number of hydrogen-bond acceptors (Lipinski definition) is 4. The molecule has 11 heavy (non-hydrogen) atoms. The quantitative estimate of drug-likeness (QED) is 0.475. The molecule has 0 saturated heterocycles. The van der Waals surface area contributed by atoms with Crippen molar-refractivity contribution in [3.63, 3.8) is 0 Å². The summed E-state index contributed by atoms with van der Waals surface area (Å²) in [6.45, 7) is 1.52. The first-order chi connectivity index (χ1) is 5.18. The maximum Gasteiger partial charge on any atom is 0.316 e. The molecular formula is C5H16NO4P. The molecule has 0 amide bonds. The van der Waals surface area contributed by atoms with Gasteiger partial charge in [0.15, 0.2) is 0 Å². The Morgan fingerprint density at radius 1 is 1.55 bits per heavy atom. The van der Waals surface area contributed by atoms with Crippen molar-refractivity contribution in [1.82, 2.24) is 0 Å². The van der Waals surface area contributed by atoms with E-state index in [9.17, 15) is 4.57 Å². The van der Waals surface area contributed by atoms with Crippen LogP contribution in [0.3, 0.4) is 0 Å². The molecule has 0 aromatic heterocycles. The Kier molecular flexibility index (Phi) is 15.8. The van der Waals surface area contributed by atoms with Gasteiger partial charge in [-0.3, -0.25) is 4.57 Å². The van der Waals surface area contributed by atoms with E-state index in [-0.39, 0.29) is 0 Å². The van der Waals surface area contributed by atoms with Crippen LogP contribution in [0.1, 0.15) is 6.42 Å². The van der Waals surface area contributed by atoms with Gasteiger partial charge in [-0.05, 0) is 13.0 Å². The van der Waals surface area contributed by atoms with E-state index in [1.165, 1.54) is 7.11 Å². The molecule has 1 atom stereocenters. The van der Waals surface area contributed by atoms with E-state index in [4.69, 9.17) is 15.4 Å². The van der Waals surface area contributed by atoms with Crippen LogP contribution in [0, 0.1) is 0 Å². The first-order valence-corrected chi connectivity index (χ1v) is 4.41. The van der Waals surface area contributed by atoms with E-state index in [0.717, 1.165) is 19.6 Å². The summed E-state index contributed by atoms with van der Waals surface area (Å²) in [4.78, 5) is 7.69. The molecule has 1 unspecified atom stereocenters. The Balaban J connectivity index is 0. The second-order valence-corrected chi connectivity index (χ2v) is 2.55. The number of rotatable bonds is 4. The molecule has 6 heteroatoms. The summed E-state index contributed by atoms with van der Waals surface area (Å²) in [5, 5.41) is 0. The van der Waals surface area contributed by atoms with Crippen LogP contribution in [0.4, 0.5) is 0 Å². The van der Waals surface area contributed by atoms with Crippen LogP contribution < -0.4 is 5.73 Å². The largest absolute Gasteiger partial charge is 0.385 e. The lowest BCUT2D eigenvalue weighted by atomic mass is 10.5. The average molecular weight is 185 g/mol. The van der Waals surface area contributed by atoms with E-state index in [2.05, 4.69) is 4.52 Å². The van der Waals surface area contributed by atoms with Crippen molar-refractivity contribution in [2.45, 2.75) is 6.42 Å². The number of methoxy groups -OCH3 is 1. The molecule has 0 rings (SSSR count). The fourth-order valence-corrected chi connectivity index (χ4v) is 0.228. The predicted octanol–water partition coefficient (Wildman–Crippen LogP) is -0.00360. The zero-order chi connectivity index (χ0) is 9.11. The molecule has 0 aromatic rings. The predicted molar refractivity (Wildman–Crippen MR) is 43.8 cm³/mol. The normalized spacial score (nSPS) is 11.6. The molecule has 0 heterocycles. The topological polar surface area (TPSA) is 81.8 Å². The Morgan fingerprint density at radius 2 is 2.00 bits per heavy atom. The second-order valence-electron chi connectivity index (χ2n) is 1.61. The van der Waals surface area contributed by atoms with Gasteiger partial charge >= 0.3 is 8.25 Å². The van der Waals surface area contributed by atoms with Crippen molar-refractivity contribution in [2.24, 2.45) is 5.73 Å². The smallest absolute Gasteiger partial charge is 0.316 e. The Morgan fingerprint density at radius 3 is 2.09 bits per heavy atom. The molecule has 5 nitrogen and oxygen atoms in total. The third kappa shape index (κ3) is 25.5. The van der Waals surface area contributed by atoms with Crippen LogP contribution in [-0.2, 0) is 13.8 Å². The standard InChI is InChI=1S/C4H11NO.CH5O3P/c1-6-4-2-3-5;1-4-5(2)3/h2-5H2,1H3;5H,1H3,(H,2,3). The Labute approximate surface area is 67.4 Å². The van der Waals surface area contributed by atoms with Crippen molar-refractivity contribution >= 4 is 8.25 Å². The van der Waals surface area contributed by atoms with Gasteiger partial charge in [0.2, 0.25) is 0 Å². The van der Waals surface area contributed by atoms with E-state index in [0.29, 0.717) is 0 Å². The van der Waals surface area contributed by atoms with Crippen molar-refractivity contribution in [3.05, 3.63) is 0 Å². The Hall–Kier alpha value is 0.0700. The molecule has 0 saturated carbocycles. The number of ether oxygens (including phenoxy) is 1. The minimum atomic E-state index is -2.62. The van der Waals surface area contributed by atoms with Crippen LogP contribution >= 0.6 is 8.25 Å². The summed E-state index contributed by atoms with van der Waals surface area (Å²) in [6.07, 6.45) is 0.969. The van der Waals surface area contributed by atoms with Gasteiger partial charge in [0.05, 0.1) is 0 Å². The molecule has 0 spiro atoms. The van der Waals surface area contributed by atoms with Crippen LogP contribution in [0.2, 0.25) is 0 Å². The minimum Gasteiger partial charge on any atom is -0.385 e. The van der Waals surface area contributed by atoms with Crippen molar-refractivity contribution < 1.29 is 18.7 Å². The molecule has 0 aromatic carbocycles. The molecule has 0 fully saturated rings. The maximum atomic E-state index is 9.33. The second kappa shape index (κ2) is 12.7. The molecule has 0 aliphatic carbocycles. The molecule has 70 valence electrons. The van der Waals surface area contributed by atoms with E-state index < -0.39 is 8.25 Å². The van der Waals surface area contributed by atoms with Gasteiger partial charge < -0.3 is 19.9 Å². The molecular weight excluding hydrogens is 169 g/mol. The van der Waals surface area contributed by atoms with Crippen LogP contribution in [0.15, 0.2) is 0 Å². The zero-order valence-electron chi connectivity index (χ0n) is 6.87. The van der Waals surface area contributed by atoms with Crippen molar-refractivity contribution in [1.29, 1.82) is 0 Å². The van der Waals surface area contributed by atoms with E-state index in [1.54, 1.807) is 7.11 Å². The van der Waals surface area contributed by atoms with Gasteiger partial charge in [0.1, 0.15) is 0 Å². The van der Waals surface area contributed by atoms with Gasteiger partial charge in [-0.15, -0.1) is 0 Å². The zero-order valence-corrected chi connectivity index (χ0v) is 7.87. The van der Waals surface area contributed by atoms with Gasteiger partial charge in [-0.25, -0.2) is 0 Å². The first kappa shape index (κ1) is 13.6. The van der Waals surface area contributed by atoms with Crippen molar-refractivity contribution in [2.75, 3.05) is 27.4 Å². The summed E-state index contributed by atoms with van der Waals surface area (Å²) in [5.74, 6) is 0. The van der Waals surface area contributed by atoms with Gasteiger partial charge in [-0.1, -0.05) is 0 Å². The van der Waals surface area contributed by atoms with E-state index in [1.807, 2.05) is 0 Å². The molecule has 0 aliphatic rings. The lowest BCUT2D eigenvalue weighted by Gasteiger charge is -1.89. The molecule has 3 N–H and O–H groups in total. The fourth-order valence-electron chi connectivity index (χ4n) is 0.228. The lowest BCUT2D eigenvalue weighted by Crippen LogP contribution is -2.01. The monoisotopic (exact) mass is 185 g/mol. The van der Waals surface area contributed by atoms with Crippen LogP contribution in [-0.4, -0.2) is 32.3 Å². The van der Waals surface area contributed by atoms with Crippen molar-refractivity contribution in [3.8, 4) is 0 Å².